The quantitative estimate of drug-likeness (QED) is 0.651. The van der Waals surface area contributed by atoms with Crippen molar-refractivity contribution in [3.05, 3.63) is 53.9 Å². The maximum absolute atomic E-state index is 13.8. The summed E-state index contributed by atoms with van der Waals surface area (Å²) in [4.78, 5) is 0. The Morgan fingerprint density at radius 2 is 1.87 bits per heavy atom. The maximum Gasteiger partial charge on any atom is 0.429 e. The number of rotatable bonds is 2. The largest absolute Gasteiger partial charge is 0.472 e. The number of anilines is 1. The molecule has 0 saturated heterocycles. The second-order valence-electron chi connectivity index (χ2n) is 4.91. The van der Waals surface area contributed by atoms with Crippen molar-refractivity contribution >= 4 is 11.8 Å². The minimum atomic E-state index is -4.55. The van der Waals surface area contributed by atoms with Crippen molar-refractivity contribution in [2.75, 3.05) is 5.73 Å². The average Bonchev–Trinajstić information content (AvgIpc) is 2.49. The van der Waals surface area contributed by atoms with Gasteiger partial charge in [-0.25, -0.2) is 4.39 Å². The maximum atomic E-state index is 13.8. The Morgan fingerprint density at radius 1 is 1.09 bits per heavy atom. The third-order valence-corrected chi connectivity index (χ3v) is 3.20. The van der Waals surface area contributed by atoms with Gasteiger partial charge in [0.1, 0.15) is 0 Å². The van der Waals surface area contributed by atoms with Gasteiger partial charge in [0.25, 0.3) is 0 Å². The molecule has 3 nitrogen and oxygen atoms in total. The molecule has 1 heterocycles. The van der Waals surface area contributed by atoms with Crippen LogP contribution in [0.1, 0.15) is 5.56 Å². The summed E-state index contributed by atoms with van der Waals surface area (Å²) in [6.45, 7) is 0. The van der Waals surface area contributed by atoms with E-state index in [-0.39, 0.29) is 22.9 Å². The van der Waals surface area contributed by atoms with Gasteiger partial charge >= 0.3 is 6.18 Å². The number of para-hydroxylation sites is 1. The number of ether oxygens (including phenoxy) is 2. The number of hydrogen-bond acceptors (Lipinski definition) is 3. The summed E-state index contributed by atoms with van der Waals surface area (Å²) in [5.41, 5.74) is 6.07. The number of fused-ring (bicyclic) bond motifs is 1. The van der Waals surface area contributed by atoms with Gasteiger partial charge in [0.15, 0.2) is 23.1 Å². The normalized spacial score (nSPS) is 16.6. The predicted molar refractivity (Wildman–Crippen MR) is 76.8 cm³/mol. The molecule has 120 valence electrons. The van der Waals surface area contributed by atoms with E-state index in [4.69, 9.17) is 15.2 Å². The summed E-state index contributed by atoms with van der Waals surface area (Å²) >= 11 is 0. The standard InChI is InChI=1S/C16H11F4NO2/c17-11-8-10(21)5-6-12(11)22-13-3-1-2-9-4-7-14(16(18,19)20)23-15(9)13/h1-8,14H,21H2. The third-order valence-electron chi connectivity index (χ3n) is 3.20. The van der Waals surface area contributed by atoms with Crippen molar-refractivity contribution in [3.8, 4) is 17.2 Å². The Bertz CT molecular complexity index is 771. The molecule has 1 aliphatic rings. The summed E-state index contributed by atoms with van der Waals surface area (Å²) in [6, 6.07) is 8.33. The predicted octanol–water partition coefficient (Wildman–Crippen LogP) is 4.54. The van der Waals surface area contributed by atoms with Gasteiger partial charge in [-0.3, -0.25) is 0 Å². The van der Waals surface area contributed by atoms with Gasteiger partial charge in [-0.1, -0.05) is 18.2 Å². The zero-order valence-electron chi connectivity index (χ0n) is 11.6. The zero-order chi connectivity index (χ0) is 16.6. The Hall–Kier alpha value is -2.70. The van der Waals surface area contributed by atoms with Gasteiger partial charge in [-0.2, -0.15) is 13.2 Å². The van der Waals surface area contributed by atoms with Crippen molar-refractivity contribution in [3.63, 3.8) is 0 Å². The molecule has 1 unspecified atom stereocenters. The molecular formula is C16H11F4NO2. The number of alkyl halides is 3. The van der Waals surface area contributed by atoms with E-state index in [9.17, 15) is 17.6 Å². The third kappa shape index (κ3) is 3.08. The molecule has 0 saturated carbocycles. The topological polar surface area (TPSA) is 44.5 Å². The van der Waals surface area contributed by atoms with Crippen molar-refractivity contribution in [2.45, 2.75) is 12.3 Å². The van der Waals surface area contributed by atoms with Gasteiger partial charge < -0.3 is 15.2 Å². The Kier molecular flexibility index (Phi) is 3.63. The van der Waals surface area contributed by atoms with E-state index in [1.165, 1.54) is 24.3 Å². The smallest absolute Gasteiger partial charge is 0.429 e. The second kappa shape index (κ2) is 5.49. The number of hydrogen-bond donors (Lipinski definition) is 1. The lowest BCUT2D eigenvalue weighted by molar-refractivity contribution is -0.180. The lowest BCUT2D eigenvalue weighted by atomic mass is 10.1. The number of nitrogen functional groups attached to an aromatic ring is 1. The SMILES string of the molecule is Nc1ccc(Oc2cccc3c2OC(C(F)(F)F)C=C3)c(F)c1. The number of benzene rings is 2. The molecule has 0 aliphatic carbocycles. The molecule has 2 aromatic rings. The van der Waals surface area contributed by atoms with E-state index in [0.717, 1.165) is 12.1 Å². The van der Waals surface area contributed by atoms with Gasteiger partial charge in [-0.15, -0.1) is 0 Å². The van der Waals surface area contributed by atoms with E-state index in [2.05, 4.69) is 0 Å². The first-order valence-corrected chi connectivity index (χ1v) is 6.62. The molecule has 1 atom stereocenters. The number of nitrogens with two attached hydrogens (primary N) is 1. The van der Waals surface area contributed by atoms with E-state index in [1.807, 2.05) is 0 Å². The van der Waals surface area contributed by atoms with Crippen LogP contribution in [0.4, 0.5) is 23.2 Å². The molecule has 0 bridgehead atoms. The molecule has 2 N–H and O–H groups in total. The summed E-state index contributed by atoms with van der Waals surface area (Å²) in [5, 5.41) is 0. The van der Waals surface area contributed by atoms with Crippen LogP contribution in [0.3, 0.4) is 0 Å². The lowest BCUT2D eigenvalue weighted by Gasteiger charge is -2.25. The van der Waals surface area contributed by atoms with Crippen LogP contribution in [0.2, 0.25) is 0 Å². The van der Waals surface area contributed by atoms with E-state index < -0.39 is 18.1 Å². The highest BCUT2D eigenvalue weighted by Crippen LogP contribution is 2.41. The Labute approximate surface area is 128 Å². The molecule has 0 amide bonds. The Balaban J connectivity index is 1.95. The average molecular weight is 325 g/mol. The van der Waals surface area contributed by atoms with Crippen molar-refractivity contribution in [2.24, 2.45) is 0 Å². The molecule has 0 fully saturated rings. The van der Waals surface area contributed by atoms with Crippen LogP contribution in [0.25, 0.3) is 6.08 Å². The molecule has 7 heteroatoms. The van der Waals surface area contributed by atoms with Crippen molar-refractivity contribution in [1.82, 2.24) is 0 Å². The van der Waals surface area contributed by atoms with Crippen molar-refractivity contribution in [1.29, 1.82) is 0 Å². The minimum Gasteiger partial charge on any atom is -0.472 e. The highest BCUT2D eigenvalue weighted by atomic mass is 19.4. The fraction of sp³-hybridized carbons (Fsp3) is 0.125. The highest BCUT2D eigenvalue weighted by molar-refractivity contribution is 5.65. The first kappa shape index (κ1) is 15.2. The zero-order valence-corrected chi connectivity index (χ0v) is 11.6. The minimum absolute atomic E-state index is 0.00947. The fourth-order valence-corrected chi connectivity index (χ4v) is 2.12. The lowest BCUT2D eigenvalue weighted by Crippen LogP contribution is -2.33. The molecule has 0 spiro atoms. The summed E-state index contributed by atoms with van der Waals surface area (Å²) < 4.78 is 62.6. The first-order chi connectivity index (χ1) is 10.8. The van der Waals surface area contributed by atoms with E-state index in [1.54, 1.807) is 12.1 Å². The van der Waals surface area contributed by atoms with E-state index >= 15 is 0 Å². The molecule has 2 aromatic carbocycles. The fourth-order valence-electron chi connectivity index (χ4n) is 2.12. The van der Waals surface area contributed by atoms with Gasteiger partial charge in [0, 0.05) is 17.3 Å². The summed E-state index contributed by atoms with van der Waals surface area (Å²) in [6.07, 6.45) is -4.41. The molecule has 23 heavy (non-hydrogen) atoms. The second-order valence-corrected chi connectivity index (χ2v) is 4.91. The molecule has 3 rings (SSSR count). The van der Waals surface area contributed by atoms with Gasteiger partial charge in [0.2, 0.25) is 6.10 Å². The molecule has 0 radical (unpaired) electrons. The monoisotopic (exact) mass is 325 g/mol. The van der Waals surface area contributed by atoms with Crippen LogP contribution < -0.4 is 15.2 Å². The van der Waals surface area contributed by atoms with E-state index in [0.29, 0.717) is 5.56 Å². The van der Waals surface area contributed by atoms with Crippen LogP contribution in [-0.2, 0) is 0 Å². The van der Waals surface area contributed by atoms with Crippen LogP contribution in [0, 0.1) is 5.82 Å². The van der Waals surface area contributed by atoms with Crippen LogP contribution in [0.5, 0.6) is 17.2 Å². The molecule has 0 aromatic heterocycles. The van der Waals surface area contributed by atoms with Crippen molar-refractivity contribution < 1.29 is 27.0 Å². The number of halogens is 4. The Morgan fingerprint density at radius 3 is 2.57 bits per heavy atom. The first-order valence-electron chi connectivity index (χ1n) is 6.62. The van der Waals surface area contributed by atoms with Crippen LogP contribution in [0.15, 0.2) is 42.5 Å². The van der Waals surface area contributed by atoms with Gasteiger partial charge in [0.05, 0.1) is 0 Å². The molecule has 1 aliphatic heterocycles. The summed E-state index contributed by atoms with van der Waals surface area (Å²) in [7, 11) is 0. The highest BCUT2D eigenvalue weighted by Gasteiger charge is 2.42. The van der Waals surface area contributed by atoms with Crippen LogP contribution in [-0.4, -0.2) is 12.3 Å². The van der Waals surface area contributed by atoms with Crippen LogP contribution >= 0.6 is 0 Å². The molecular weight excluding hydrogens is 314 g/mol. The summed E-state index contributed by atoms with van der Waals surface area (Å²) in [5.74, 6) is -0.978. The van der Waals surface area contributed by atoms with Gasteiger partial charge in [-0.05, 0) is 24.3 Å².